The molecule has 1 saturated carbocycles. The quantitative estimate of drug-likeness (QED) is 0.335. The summed E-state index contributed by atoms with van der Waals surface area (Å²) in [5, 5.41) is 0. The third-order valence-corrected chi connectivity index (χ3v) is 8.86. The van der Waals surface area contributed by atoms with Crippen molar-refractivity contribution in [1.82, 2.24) is 0 Å². The molecule has 0 aliphatic heterocycles. The first-order chi connectivity index (χ1) is 17.6. The molecule has 2 atom stereocenters. The van der Waals surface area contributed by atoms with E-state index in [1.807, 2.05) is 6.07 Å². The number of aryl methyl sites for hydroxylation is 1. The van der Waals surface area contributed by atoms with E-state index in [2.05, 4.69) is 71.0 Å². The van der Waals surface area contributed by atoms with Gasteiger partial charge in [0, 0.05) is 5.56 Å². The van der Waals surface area contributed by atoms with Gasteiger partial charge < -0.3 is 9.47 Å². The molecule has 3 aromatic carbocycles. The van der Waals surface area contributed by atoms with Gasteiger partial charge >= 0.3 is 0 Å². The van der Waals surface area contributed by atoms with Crippen molar-refractivity contribution in [2.24, 2.45) is 10.8 Å². The summed E-state index contributed by atoms with van der Waals surface area (Å²) in [5.41, 5.74) is 7.24. The van der Waals surface area contributed by atoms with Gasteiger partial charge in [0.05, 0.1) is 7.11 Å². The maximum atomic E-state index is 15.1. The number of rotatable bonds is 6. The van der Waals surface area contributed by atoms with Crippen LogP contribution in [-0.4, -0.2) is 7.11 Å². The van der Waals surface area contributed by atoms with E-state index in [1.54, 1.807) is 13.2 Å². The molecule has 2 aliphatic rings. The second-order valence-corrected chi connectivity index (χ2v) is 12.8. The molecule has 0 aromatic heterocycles. The third kappa shape index (κ3) is 5.15. The van der Waals surface area contributed by atoms with Gasteiger partial charge in [-0.05, 0) is 106 Å². The van der Waals surface area contributed by atoms with E-state index in [9.17, 15) is 0 Å². The predicted octanol–water partition coefficient (Wildman–Crippen LogP) is 9.45. The first-order valence-electron chi connectivity index (χ1n) is 13.8. The molecule has 1 fully saturated rings. The average molecular weight is 501 g/mol. The molecule has 0 N–H and O–H groups in total. The Morgan fingerprint density at radius 3 is 2.38 bits per heavy atom. The minimum atomic E-state index is -0.214. The Bertz CT molecular complexity index is 1280. The van der Waals surface area contributed by atoms with E-state index in [4.69, 9.17) is 9.47 Å². The predicted molar refractivity (Wildman–Crippen MR) is 150 cm³/mol. The molecule has 196 valence electrons. The van der Waals surface area contributed by atoms with Crippen LogP contribution in [0.25, 0.3) is 11.1 Å². The van der Waals surface area contributed by atoms with Gasteiger partial charge in [0.25, 0.3) is 0 Å². The topological polar surface area (TPSA) is 18.5 Å². The van der Waals surface area contributed by atoms with Gasteiger partial charge in [-0.1, -0.05) is 65.3 Å². The van der Waals surface area contributed by atoms with E-state index >= 15 is 4.39 Å². The fourth-order valence-electron chi connectivity index (χ4n) is 6.71. The highest BCUT2D eigenvalue weighted by atomic mass is 19.1. The average Bonchev–Trinajstić information content (AvgIpc) is 3.45. The van der Waals surface area contributed by atoms with Crippen molar-refractivity contribution in [3.63, 3.8) is 0 Å². The maximum Gasteiger partial charge on any atom is 0.131 e. The molecular formula is C34H41FO2. The van der Waals surface area contributed by atoms with Crippen LogP contribution in [0.5, 0.6) is 11.5 Å². The lowest BCUT2D eigenvalue weighted by Crippen LogP contribution is -2.17. The van der Waals surface area contributed by atoms with Crippen molar-refractivity contribution in [2.45, 2.75) is 85.2 Å². The van der Waals surface area contributed by atoms with Crippen LogP contribution in [0.3, 0.4) is 0 Å². The summed E-state index contributed by atoms with van der Waals surface area (Å²) in [7, 11) is 1.63. The molecule has 0 bridgehead atoms. The van der Waals surface area contributed by atoms with Gasteiger partial charge in [-0.3, -0.25) is 0 Å². The Morgan fingerprint density at radius 2 is 1.68 bits per heavy atom. The van der Waals surface area contributed by atoms with Gasteiger partial charge in [0.1, 0.15) is 23.9 Å². The van der Waals surface area contributed by atoms with Crippen molar-refractivity contribution in [2.75, 3.05) is 7.11 Å². The standard InChI is InChI=1S/C34H41FO2/c1-33(2,3)30-15-11-23-10-12-25(20-27(23)30)37-21-22-9-14-26(29-19-24(36-6)13-16-32(29)35)28(18-22)31-8-7-17-34(31,4)5/h9-10,12-14,16,18-20,30-31H,7-8,11,15,17,21H2,1-6H3/t30-,31+/m1/s1. The van der Waals surface area contributed by atoms with Gasteiger partial charge in [-0.25, -0.2) is 4.39 Å². The Hall–Kier alpha value is -2.81. The van der Waals surface area contributed by atoms with Crippen LogP contribution in [0.15, 0.2) is 54.6 Å². The number of hydrogen-bond donors (Lipinski definition) is 0. The van der Waals surface area contributed by atoms with E-state index in [0.29, 0.717) is 29.8 Å². The number of fused-ring (bicyclic) bond motifs is 1. The minimum Gasteiger partial charge on any atom is -0.497 e. The summed E-state index contributed by atoms with van der Waals surface area (Å²) in [6.07, 6.45) is 5.87. The molecule has 0 radical (unpaired) electrons. The van der Waals surface area contributed by atoms with Crippen molar-refractivity contribution in [1.29, 1.82) is 0 Å². The van der Waals surface area contributed by atoms with Crippen LogP contribution >= 0.6 is 0 Å². The normalized spacial score (nSPS) is 20.6. The Balaban J connectivity index is 1.46. The van der Waals surface area contributed by atoms with Crippen molar-refractivity contribution < 1.29 is 13.9 Å². The summed E-state index contributed by atoms with van der Waals surface area (Å²) < 4.78 is 26.8. The molecule has 0 spiro atoms. The molecule has 0 amide bonds. The zero-order valence-corrected chi connectivity index (χ0v) is 23.3. The molecule has 5 rings (SSSR count). The second-order valence-electron chi connectivity index (χ2n) is 12.8. The lowest BCUT2D eigenvalue weighted by Gasteiger charge is -2.30. The molecular weight excluding hydrogens is 459 g/mol. The molecule has 0 heterocycles. The van der Waals surface area contributed by atoms with Crippen molar-refractivity contribution in [3.05, 3.63) is 82.7 Å². The van der Waals surface area contributed by atoms with Gasteiger partial charge in [0.2, 0.25) is 0 Å². The highest BCUT2D eigenvalue weighted by molar-refractivity contribution is 5.71. The third-order valence-electron chi connectivity index (χ3n) is 8.86. The van der Waals surface area contributed by atoms with Crippen LogP contribution in [0.1, 0.15) is 94.4 Å². The van der Waals surface area contributed by atoms with Crippen LogP contribution in [0.2, 0.25) is 0 Å². The number of halogens is 1. The van der Waals surface area contributed by atoms with Crippen LogP contribution in [0.4, 0.5) is 4.39 Å². The van der Waals surface area contributed by atoms with Gasteiger partial charge in [0.15, 0.2) is 0 Å². The van der Waals surface area contributed by atoms with Gasteiger partial charge in [-0.2, -0.15) is 0 Å². The summed E-state index contributed by atoms with van der Waals surface area (Å²) in [6.45, 7) is 12.2. The first kappa shape index (κ1) is 25.8. The zero-order valence-electron chi connectivity index (χ0n) is 23.3. The van der Waals surface area contributed by atoms with E-state index in [-0.39, 0.29) is 16.6 Å². The second kappa shape index (κ2) is 9.82. The van der Waals surface area contributed by atoms with Gasteiger partial charge in [-0.15, -0.1) is 0 Å². The number of benzene rings is 3. The summed E-state index contributed by atoms with van der Waals surface area (Å²) >= 11 is 0. The Morgan fingerprint density at radius 1 is 0.892 bits per heavy atom. The summed E-state index contributed by atoms with van der Waals surface area (Å²) in [4.78, 5) is 0. The highest BCUT2D eigenvalue weighted by Gasteiger charge is 2.37. The fourth-order valence-corrected chi connectivity index (χ4v) is 6.71. The number of ether oxygens (including phenoxy) is 2. The lowest BCUT2D eigenvalue weighted by molar-refractivity contribution is 0.300. The smallest absolute Gasteiger partial charge is 0.131 e. The van der Waals surface area contributed by atoms with E-state index in [1.165, 1.54) is 42.0 Å². The largest absolute Gasteiger partial charge is 0.497 e. The molecule has 2 nitrogen and oxygen atoms in total. The SMILES string of the molecule is COc1ccc(F)c(-c2ccc(COc3ccc4c(c3)[C@H](C(C)(C)C)CC4)cc2[C@@H]2CCCC2(C)C)c1. The van der Waals surface area contributed by atoms with Crippen molar-refractivity contribution in [3.8, 4) is 22.6 Å². The minimum absolute atomic E-state index is 0.172. The fraction of sp³-hybridized carbons (Fsp3) is 0.471. The lowest BCUT2D eigenvalue weighted by atomic mass is 9.75. The van der Waals surface area contributed by atoms with Crippen LogP contribution < -0.4 is 9.47 Å². The monoisotopic (exact) mass is 500 g/mol. The highest BCUT2D eigenvalue weighted by Crippen LogP contribution is 2.51. The molecule has 3 heteroatoms. The molecule has 37 heavy (non-hydrogen) atoms. The molecule has 2 aliphatic carbocycles. The number of methoxy groups -OCH3 is 1. The van der Waals surface area contributed by atoms with Crippen molar-refractivity contribution >= 4 is 0 Å². The summed E-state index contributed by atoms with van der Waals surface area (Å²) in [6, 6.07) is 18.1. The Labute approximate surface area is 222 Å². The van der Waals surface area contributed by atoms with E-state index in [0.717, 1.165) is 29.7 Å². The first-order valence-corrected chi connectivity index (χ1v) is 13.8. The maximum absolute atomic E-state index is 15.1. The van der Waals surface area contributed by atoms with E-state index < -0.39 is 0 Å². The Kier molecular flexibility index (Phi) is 6.85. The summed E-state index contributed by atoms with van der Waals surface area (Å²) in [5.74, 6) is 2.33. The molecule has 0 saturated heterocycles. The zero-order chi connectivity index (χ0) is 26.4. The van der Waals surface area contributed by atoms with Crippen LogP contribution in [-0.2, 0) is 13.0 Å². The molecule has 0 unspecified atom stereocenters. The molecule has 3 aromatic rings. The number of hydrogen-bond acceptors (Lipinski definition) is 2. The van der Waals surface area contributed by atoms with Crippen LogP contribution in [0, 0.1) is 16.6 Å².